The third-order valence-electron chi connectivity index (χ3n) is 7.95. The molecular formula is C32H29F4N6O5P. The highest BCUT2D eigenvalue weighted by atomic mass is 31.2. The Hall–Kier alpha value is -4.87. The first-order valence-corrected chi connectivity index (χ1v) is 15.7. The van der Waals surface area contributed by atoms with Crippen LogP contribution in [-0.2, 0) is 15.5 Å². The van der Waals surface area contributed by atoms with E-state index >= 15 is 0 Å². The van der Waals surface area contributed by atoms with Crippen LogP contribution in [0.5, 0.6) is 0 Å². The molecular weight excluding hydrogens is 655 g/mol. The van der Waals surface area contributed by atoms with Gasteiger partial charge in [-0.2, -0.15) is 23.5 Å². The molecule has 0 fully saturated rings. The zero-order valence-electron chi connectivity index (χ0n) is 25.5. The van der Waals surface area contributed by atoms with Gasteiger partial charge in [-0.25, -0.2) is 9.07 Å². The number of fused-ring (bicyclic) bond motifs is 1. The van der Waals surface area contributed by atoms with Gasteiger partial charge in [-0.3, -0.25) is 23.9 Å². The number of halogens is 4. The average Bonchev–Trinajstić information content (AvgIpc) is 3.45. The SMILES string of the molecule is CCN1C(=O)C(NC(=O)c2cccc(C(F)(F)F)c2)C(c2ccc(F)cc2)c2c(C(C)N(C#N)COP(O)O)nn(-c3ccccc3)c21. The lowest BCUT2D eigenvalue weighted by molar-refractivity contribution is -0.137. The number of nitriles is 1. The normalized spacial score (nSPS) is 16.8. The molecule has 0 aliphatic carbocycles. The lowest BCUT2D eigenvalue weighted by Gasteiger charge is -2.39. The number of hydrogen-bond acceptors (Lipinski definition) is 8. The molecule has 2 heterocycles. The maximum absolute atomic E-state index is 14.4. The van der Waals surface area contributed by atoms with Gasteiger partial charge in [0, 0.05) is 23.6 Å². The van der Waals surface area contributed by atoms with Gasteiger partial charge < -0.3 is 15.1 Å². The summed E-state index contributed by atoms with van der Waals surface area (Å²) >= 11 is 0. The van der Waals surface area contributed by atoms with Crippen molar-refractivity contribution >= 4 is 26.2 Å². The monoisotopic (exact) mass is 684 g/mol. The van der Waals surface area contributed by atoms with Crippen molar-refractivity contribution in [3.63, 3.8) is 0 Å². The molecule has 3 atom stereocenters. The molecule has 0 bridgehead atoms. The molecule has 1 aliphatic rings. The quantitative estimate of drug-likeness (QED) is 0.0667. The fourth-order valence-electron chi connectivity index (χ4n) is 5.67. The number of anilines is 1. The van der Waals surface area contributed by atoms with Crippen LogP contribution in [0.3, 0.4) is 0 Å². The standard InChI is InChI=1S/C32H29F4N6O5P/c1-3-41-30-26(27(19(2)40(17-37)18-47-48(45)46)39-42(30)24-10-5-4-6-11-24)25(20-12-14-23(33)15-13-20)28(31(41)44)38-29(43)21-8-7-9-22(16-21)32(34,35)36/h4-16,19,25,28,45-46H,3,18H2,1-2H3,(H,38,43). The highest BCUT2D eigenvalue weighted by molar-refractivity contribution is 7.39. The Morgan fingerprint density at radius 3 is 2.42 bits per heavy atom. The second-order valence-corrected chi connectivity index (χ2v) is 11.5. The molecule has 1 aliphatic heterocycles. The summed E-state index contributed by atoms with van der Waals surface area (Å²) in [5.41, 5.74) is 0.117. The Balaban J connectivity index is 1.73. The van der Waals surface area contributed by atoms with Crippen molar-refractivity contribution in [2.45, 2.75) is 38.0 Å². The molecule has 0 saturated heterocycles. The topological polar surface area (TPSA) is 144 Å². The van der Waals surface area contributed by atoms with Gasteiger partial charge >= 0.3 is 14.8 Å². The Kier molecular flexibility index (Phi) is 10.1. The maximum Gasteiger partial charge on any atom is 0.416 e. The number of alkyl halides is 3. The molecule has 3 N–H and O–H groups in total. The Bertz CT molecular complexity index is 1830. The van der Waals surface area contributed by atoms with Gasteiger partial charge in [0.25, 0.3) is 11.8 Å². The zero-order chi connectivity index (χ0) is 34.7. The summed E-state index contributed by atoms with van der Waals surface area (Å²) in [6, 6.07) is 15.4. The minimum atomic E-state index is -4.72. The molecule has 0 radical (unpaired) electrons. The third-order valence-corrected chi connectivity index (χ3v) is 8.29. The van der Waals surface area contributed by atoms with E-state index in [2.05, 4.69) is 5.32 Å². The van der Waals surface area contributed by atoms with E-state index in [1.54, 1.807) is 44.2 Å². The largest absolute Gasteiger partial charge is 0.416 e. The van der Waals surface area contributed by atoms with Gasteiger partial charge in [0.05, 0.1) is 23.0 Å². The lowest BCUT2D eigenvalue weighted by Crippen LogP contribution is -2.55. The van der Waals surface area contributed by atoms with E-state index < -0.39 is 62.7 Å². The van der Waals surface area contributed by atoms with Gasteiger partial charge in [-0.05, 0) is 61.9 Å². The fourth-order valence-corrected chi connectivity index (χ4v) is 5.89. The van der Waals surface area contributed by atoms with E-state index in [0.29, 0.717) is 28.7 Å². The van der Waals surface area contributed by atoms with Crippen LogP contribution < -0.4 is 10.2 Å². The van der Waals surface area contributed by atoms with Crippen molar-refractivity contribution in [2.75, 3.05) is 18.2 Å². The van der Waals surface area contributed by atoms with Crippen LogP contribution in [0, 0.1) is 17.3 Å². The van der Waals surface area contributed by atoms with Crippen LogP contribution in [-0.4, -0.2) is 55.6 Å². The van der Waals surface area contributed by atoms with Crippen LogP contribution in [0.15, 0.2) is 78.9 Å². The molecule has 3 aromatic carbocycles. The summed E-state index contributed by atoms with van der Waals surface area (Å²) in [6.07, 6.45) is -2.77. The molecule has 11 nitrogen and oxygen atoms in total. The first-order chi connectivity index (χ1) is 22.8. The number of carbonyl (C=O) groups excluding carboxylic acids is 2. The van der Waals surface area contributed by atoms with Crippen LogP contribution >= 0.6 is 8.60 Å². The van der Waals surface area contributed by atoms with Gasteiger partial charge in [0.2, 0.25) is 0 Å². The van der Waals surface area contributed by atoms with E-state index in [-0.39, 0.29) is 17.8 Å². The first kappa shape index (κ1) is 34.5. The summed E-state index contributed by atoms with van der Waals surface area (Å²) in [6.45, 7) is 2.84. The highest BCUT2D eigenvalue weighted by Gasteiger charge is 2.47. The van der Waals surface area contributed by atoms with Crippen molar-refractivity contribution in [1.82, 2.24) is 20.0 Å². The number of hydrogen-bond donors (Lipinski definition) is 3. The van der Waals surface area contributed by atoms with Crippen molar-refractivity contribution in [2.24, 2.45) is 0 Å². The van der Waals surface area contributed by atoms with Crippen molar-refractivity contribution in [3.05, 3.63) is 113 Å². The van der Waals surface area contributed by atoms with Crippen LogP contribution in [0.2, 0.25) is 0 Å². The van der Waals surface area contributed by atoms with Crippen LogP contribution in [0.1, 0.15) is 58.5 Å². The zero-order valence-corrected chi connectivity index (χ0v) is 26.4. The number of benzene rings is 3. The molecule has 5 rings (SSSR count). The number of likely N-dealkylation sites (N-methyl/N-ethyl adjacent to an activating group) is 1. The summed E-state index contributed by atoms with van der Waals surface area (Å²) in [7, 11) is -2.81. The fraction of sp³-hybridized carbons (Fsp3) is 0.250. The molecule has 48 heavy (non-hydrogen) atoms. The molecule has 3 unspecified atom stereocenters. The minimum absolute atomic E-state index is 0.0780. The molecule has 16 heteroatoms. The number of nitrogens with zero attached hydrogens (tertiary/aromatic N) is 5. The maximum atomic E-state index is 14.4. The number of carbonyl (C=O) groups is 2. The first-order valence-electron chi connectivity index (χ1n) is 14.6. The number of amides is 2. The van der Waals surface area contributed by atoms with E-state index in [4.69, 9.17) is 9.62 Å². The second kappa shape index (κ2) is 14.1. The smallest absolute Gasteiger partial charge is 0.339 e. The van der Waals surface area contributed by atoms with Gasteiger partial charge in [0.1, 0.15) is 24.4 Å². The Labute approximate surface area is 273 Å². The van der Waals surface area contributed by atoms with E-state index in [1.165, 1.54) is 39.9 Å². The third kappa shape index (κ3) is 6.88. The number of nitrogens with one attached hydrogen (secondary N) is 1. The van der Waals surface area contributed by atoms with Gasteiger partial charge in [-0.1, -0.05) is 36.4 Å². The molecule has 2 amide bonds. The Morgan fingerprint density at radius 1 is 1.12 bits per heavy atom. The van der Waals surface area contributed by atoms with E-state index in [9.17, 15) is 42.2 Å². The number of rotatable bonds is 10. The van der Waals surface area contributed by atoms with Crippen molar-refractivity contribution in [3.8, 4) is 11.9 Å². The van der Waals surface area contributed by atoms with Crippen LogP contribution in [0.4, 0.5) is 23.4 Å². The van der Waals surface area contributed by atoms with Crippen molar-refractivity contribution in [1.29, 1.82) is 5.26 Å². The van der Waals surface area contributed by atoms with Gasteiger partial charge in [-0.15, -0.1) is 0 Å². The summed E-state index contributed by atoms with van der Waals surface area (Å²) < 4.78 is 61.1. The van der Waals surface area contributed by atoms with Crippen LogP contribution in [0.25, 0.3) is 5.69 Å². The highest BCUT2D eigenvalue weighted by Crippen LogP contribution is 2.46. The summed E-state index contributed by atoms with van der Waals surface area (Å²) in [5.74, 6) is -2.92. The second-order valence-electron chi connectivity index (χ2n) is 10.8. The minimum Gasteiger partial charge on any atom is -0.339 e. The molecule has 1 aromatic heterocycles. The summed E-state index contributed by atoms with van der Waals surface area (Å²) in [5, 5.41) is 17.5. The molecule has 4 aromatic rings. The number of para-hydroxylation sites is 1. The van der Waals surface area contributed by atoms with E-state index in [0.717, 1.165) is 17.0 Å². The summed E-state index contributed by atoms with van der Waals surface area (Å²) in [4.78, 5) is 49.1. The Morgan fingerprint density at radius 2 is 1.81 bits per heavy atom. The van der Waals surface area contributed by atoms with Gasteiger partial charge in [0.15, 0.2) is 6.19 Å². The van der Waals surface area contributed by atoms with Crippen molar-refractivity contribution < 1.29 is 41.5 Å². The average molecular weight is 685 g/mol. The number of aromatic nitrogens is 2. The molecule has 250 valence electrons. The predicted octanol–water partition coefficient (Wildman–Crippen LogP) is 5.36. The molecule has 0 spiro atoms. The molecule has 0 saturated carbocycles. The van der Waals surface area contributed by atoms with E-state index in [1.807, 2.05) is 6.19 Å². The lowest BCUT2D eigenvalue weighted by atomic mass is 9.80. The predicted molar refractivity (Wildman–Crippen MR) is 166 cm³/mol.